The largest absolute Gasteiger partial charge is 0.482 e. The molecule has 170 valence electrons. The summed E-state index contributed by atoms with van der Waals surface area (Å²) in [6.45, 7) is 3.35. The normalized spacial score (nSPS) is 18.5. The van der Waals surface area contributed by atoms with E-state index in [0.717, 1.165) is 16.5 Å². The molecule has 0 amide bonds. The Balaban J connectivity index is 1.71. The van der Waals surface area contributed by atoms with Crippen LogP contribution in [0.5, 0.6) is 5.75 Å². The van der Waals surface area contributed by atoms with Gasteiger partial charge in [-0.25, -0.2) is 14.6 Å². The van der Waals surface area contributed by atoms with Crippen molar-refractivity contribution in [3.63, 3.8) is 0 Å². The summed E-state index contributed by atoms with van der Waals surface area (Å²) >= 11 is 0. The smallest absolute Gasteiger partial charge is 0.343 e. The molecular weight excluding hydrogens is 428 g/mol. The van der Waals surface area contributed by atoms with Crippen LogP contribution in [0.25, 0.3) is 22.3 Å². The highest BCUT2D eigenvalue weighted by molar-refractivity contribution is 5.90. The second kappa shape index (κ2) is 7.41. The van der Waals surface area contributed by atoms with Crippen LogP contribution in [-0.4, -0.2) is 38.3 Å². The van der Waals surface area contributed by atoms with Gasteiger partial charge in [-0.05, 0) is 42.7 Å². The minimum atomic E-state index is -1.87. The fourth-order valence-corrected chi connectivity index (χ4v) is 4.78. The topological polar surface area (TPSA) is 128 Å². The van der Waals surface area contributed by atoms with Gasteiger partial charge in [0.05, 0.1) is 29.0 Å². The number of rotatable bonds is 5. The molecule has 0 radical (unpaired) electrons. The predicted octanol–water partition coefficient (Wildman–Crippen LogP) is 2.11. The Labute approximate surface area is 188 Å². The summed E-state index contributed by atoms with van der Waals surface area (Å²) in [7, 11) is 0. The molecular formula is C24H22N2O7. The summed E-state index contributed by atoms with van der Waals surface area (Å²) in [6, 6.07) is 6.87. The number of nitrogens with zero attached hydrogens (tertiary/aromatic N) is 2. The number of aryl methyl sites for hydroxylation is 1. The lowest BCUT2D eigenvalue weighted by Gasteiger charge is -2.31. The van der Waals surface area contributed by atoms with E-state index in [1.807, 2.05) is 6.92 Å². The van der Waals surface area contributed by atoms with E-state index in [2.05, 4.69) is 0 Å². The van der Waals surface area contributed by atoms with Gasteiger partial charge in [0.15, 0.2) is 12.2 Å². The van der Waals surface area contributed by atoms with Crippen LogP contribution >= 0.6 is 0 Å². The number of benzene rings is 1. The number of ether oxygens (including phenoxy) is 2. The molecule has 0 unspecified atom stereocenters. The molecule has 0 saturated carbocycles. The molecule has 0 fully saturated rings. The Morgan fingerprint density at radius 1 is 1.24 bits per heavy atom. The number of carboxylic acids is 1. The summed E-state index contributed by atoms with van der Waals surface area (Å²) in [5, 5.41) is 20.7. The maximum atomic E-state index is 13.3. The van der Waals surface area contributed by atoms with Crippen molar-refractivity contribution in [1.29, 1.82) is 0 Å². The van der Waals surface area contributed by atoms with E-state index in [1.54, 1.807) is 35.8 Å². The number of hydrogen-bond donors (Lipinski definition) is 2. The molecule has 0 bridgehead atoms. The third-order valence-corrected chi connectivity index (χ3v) is 6.49. The van der Waals surface area contributed by atoms with Crippen LogP contribution in [0.2, 0.25) is 0 Å². The van der Waals surface area contributed by atoms with Crippen molar-refractivity contribution in [2.24, 2.45) is 0 Å². The molecule has 1 aromatic carbocycles. The Morgan fingerprint density at radius 3 is 2.73 bits per heavy atom. The summed E-state index contributed by atoms with van der Waals surface area (Å²) in [5.74, 6) is -1.39. The molecule has 2 aliphatic heterocycles. The van der Waals surface area contributed by atoms with Crippen LogP contribution in [0.15, 0.2) is 29.1 Å². The first-order chi connectivity index (χ1) is 15.8. The summed E-state index contributed by atoms with van der Waals surface area (Å²) < 4.78 is 12.1. The zero-order valence-electron chi connectivity index (χ0n) is 18.2. The number of fused-ring (bicyclic) bond motifs is 5. The van der Waals surface area contributed by atoms with Gasteiger partial charge in [-0.2, -0.15) is 0 Å². The highest BCUT2D eigenvalue weighted by Gasteiger charge is 2.45. The molecule has 4 heterocycles. The lowest BCUT2D eigenvalue weighted by atomic mass is 9.86. The molecule has 0 saturated heterocycles. The highest BCUT2D eigenvalue weighted by Crippen LogP contribution is 2.40. The average Bonchev–Trinajstić information content (AvgIpc) is 3.17. The van der Waals surface area contributed by atoms with Gasteiger partial charge in [-0.15, -0.1) is 0 Å². The van der Waals surface area contributed by atoms with Crippen LogP contribution < -0.4 is 10.3 Å². The second-order valence-corrected chi connectivity index (χ2v) is 8.24. The number of carbonyl (C=O) groups excluding carboxylic acids is 1. The number of esters is 1. The lowest BCUT2D eigenvalue weighted by molar-refractivity contribution is -0.172. The molecule has 2 N–H and O–H groups in total. The van der Waals surface area contributed by atoms with E-state index in [4.69, 9.17) is 19.6 Å². The third kappa shape index (κ3) is 3.03. The van der Waals surface area contributed by atoms with Crippen LogP contribution in [0.3, 0.4) is 0 Å². The first-order valence-electron chi connectivity index (χ1n) is 10.8. The van der Waals surface area contributed by atoms with Crippen molar-refractivity contribution in [3.8, 4) is 17.1 Å². The molecule has 0 spiro atoms. The van der Waals surface area contributed by atoms with E-state index in [-0.39, 0.29) is 29.7 Å². The van der Waals surface area contributed by atoms with Gasteiger partial charge in [0.2, 0.25) is 0 Å². The maximum Gasteiger partial charge on any atom is 0.343 e. The minimum Gasteiger partial charge on any atom is -0.482 e. The van der Waals surface area contributed by atoms with Crippen molar-refractivity contribution in [2.45, 2.75) is 45.4 Å². The van der Waals surface area contributed by atoms with Crippen molar-refractivity contribution < 1.29 is 29.3 Å². The molecule has 9 heteroatoms. The van der Waals surface area contributed by atoms with Gasteiger partial charge in [0, 0.05) is 16.5 Å². The molecule has 0 aliphatic carbocycles. The van der Waals surface area contributed by atoms with Crippen LogP contribution in [0.4, 0.5) is 0 Å². The van der Waals surface area contributed by atoms with E-state index in [0.29, 0.717) is 35.6 Å². The van der Waals surface area contributed by atoms with Crippen LogP contribution in [-0.2, 0) is 39.5 Å². The van der Waals surface area contributed by atoms with Gasteiger partial charge >= 0.3 is 11.9 Å². The maximum absolute atomic E-state index is 13.3. The molecule has 1 atom stereocenters. The first kappa shape index (κ1) is 21.1. The van der Waals surface area contributed by atoms with Crippen LogP contribution in [0, 0.1) is 0 Å². The van der Waals surface area contributed by atoms with Crippen molar-refractivity contribution in [1.82, 2.24) is 9.55 Å². The monoisotopic (exact) mass is 450 g/mol. The predicted molar refractivity (Wildman–Crippen MR) is 117 cm³/mol. The number of aromatic nitrogens is 2. The number of aliphatic carboxylic acids is 1. The Morgan fingerprint density at radius 2 is 2.03 bits per heavy atom. The fraction of sp³-hybridized carbons (Fsp3) is 0.333. The first-order valence-corrected chi connectivity index (χ1v) is 10.8. The zero-order valence-corrected chi connectivity index (χ0v) is 18.2. The van der Waals surface area contributed by atoms with Gasteiger partial charge in [-0.3, -0.25) is 4.79 Å². The van der Waals surface area contributed by atoms with Gasteiger partial charge in [0.25, 0.3) is 5.56 Å². The number of aliphatic hydroxyl groups is 1. The number of carboxylic acid groups (broad SMARTS) is 1. The molecule has 2 aromatic heterocycles. The minimum absolute atomic E-state index is 0.0824. The molecule has 2 aliphatic rings. The van der Waals surface area contributed by atoms with Crippen molar-refractivity contribution >= 4 is 22.8 Å². The molecule has 9 nitrogen and oxygen atoms in total. The Kier molecular flexibility index (Phi) is 4.75. The van der Waals surface area contributed by atoms with E-state index >= 15 is 0 Å². The second-order valence-electron chi connectivity index (χ2n) is 8.24. The number of pyridine rings is 2. The SMILES string of the molecule is CCc1c2c(nc3ccc(OCC(=O)O)cc13)-c1cc3c(c(=O)n1C2)COC(=O)[C@]3(O)CC. The quantitative estimate of drug-likeness (QED) is 0.443. The van der Waals surface area contributed by atoms with Gasteiger partial charge in [0.1, 0.15) is 12.4 Å². The zero-order chi connectivity index (χ0) is 23.5. The lowest BCUT2D eigenvalue weighted by Crippen LogP contribution is -2.44. The molecule has 3 aromatic rings. The Hall–Kier alpha value is -3.72. The standard InChI is InChI=1S/C24H22N2O7/c1-3-13-14-7-12(32-11-20(27)28)5-6-18(14)25-21-15(13)9-26-19(21)8-17-16(22(26)29)10-33-23(30)24(17,31)4-2/h5-8,31H,3-4,9-11H2,1-2H3,(H,27,28)/t24-/m0/s1. The van der Waals surface area contributed by atoms with E-state index < -0.39 is 24.1 Å². The summed E-state index contributed by atoms with van der Waals surface area (Å²) in [6.07, 6.45) is 0.742. The third-order valence-electron chi connectivity index (χ3n) is 6.49. The van der Waals surface area contributed by atoms with Crippen molar-refractivity contribution in [2.75, 3.05) is 6.61 Å². The number of cyclic esters (lactones) is 1. The van der Waals surface area contributed by atoms with Gasteiger partial charge < -0.3 is 24.3 Å². The Bertz CT molecular complexity index is 1410. The average molecular weight is 450 g/mol. The molecule has 5 rings (SSSR count). The van der Waals surface area contributed by atoms with E-state index in [1.165, 1.54) is 0 Å². The fourth-order valence-electron chi connectivity index (χ4n) is 4.78. The van der Waals surface area contributed by atoms with Gasteiger partial charge in [-0.1, -0.05) is 13.8 Å². The summed E-state index contributed by atoms with van der Waals surface area (Å²) in [4.78, 5) is 41.3. The van der Waals surface area contributed by atoms with Crippen molar-refractivity contribution in [3.05, 3.63) is 56.9 Å². The molecule has 33 heavy (non-hydrogen) atoms. The number of hydrogen-bond acceptors (Lipinski definition) is 7. The number of carbonyl (C=O) groups is 2. The highest BCUT2D eigenvalue weighted by atomic mass is 16.6. The summed E-state index contributed by atoms with van der Waals surface area (Å²) in [5.41, 5.74) is 2.11. The van der Waals surface area contributed by atoms with Crippen LogP contribution in [0.1, 0.15) is 42.5 Å². The van der Waals surface area contributed by atoms with E-state index in [9.17, 15) is 19.5 Å².